The third kappa shape index (κ3) is 3.75. The number of benzene rings is 3. The minimum absolute atomic E-state index is 0.267. The largest absolute Gasteiger partial charge is 0.497 e. The standard InChI is InChI=1S/C26H24FN3O3/c1-32-18-11-12-22(23(15-18)33-2)29-26(31)30-14-13-20-19-5-3-4-6-21(19)28-24(20)25(30)16-7-9-17(27)10-8-16/h3-12,15,25,28H,13-14H2,1-2H3,(H,29,31)/t25-/m1/s1. The minimum atomic E-state index is -0.383. The molecule has 7 heteroatoms. The van der Waals surface area contributed by atoms with Gasteiger partial charge in [-0.1, -0.05) is 30.3 Å². The molecule has 5 rings (SSSR count). The second-order valence-corrected chi connectivity index (χ2v) is 7.96. The Bertz CT molecular complexity index is 1320. The van der Waals surface area contributed by atoms with Gasteiger partial charge in [0.15, 0.2) is 0 Å². The van der Waals surface area contributed by atoms with E-state index in [-0.39, 0.29) is 17.9 Å². The zero-order valence-corrected chi connectivity index (χ0v) is 18.4. The first-order valence-corrected chi connectivity index (χ1v) is 10.7. The van der Waals surface area contributed by atoms with Crippen LogP contribution in [0.4, 0.5) is 14.9 Å². The van der Waals surface area contributed by atoms with Gasteiger partial charge in [0.1, 0.15) is 17.3 Å². The number of fused-ring (bicyclic) bond motifs is 3. The van der Waals surface area contributed by atoms with Gasteiger partial charge in [-0.15, -0.1) is 0 Å². The van der Waals surface area contributed by atoms with E-state index in [9.17, 15) is 9.18 Å². The summed E-state index contributed by atoms with van der Waals surface area (Å²) in [7, 11) is 3.12. The summed E-state index contributed by atoms with van der Waals surface area (Å²) in [6.07, 6.45) is 0.713. The minimum Gasteiger partial charge on any atom is -0.497 e. The molecule has 2 N–H and O–H groups in total. The molecule has 1 aromatic heterocycles. The van der Waals surface area contributed by atoms with Crippen LogP contribution >= 0.6 is 0 Å². The fourth-order valence-corrected chi connectivity index (χ4v) is 4.54. The number of para-hydroxylation sites is 1. The highest BCUT2D eigenvalue weighted by Gasteiger charge is 2.34. The first-order valence-electron chi connectivity index (χ1n) is 10.7. The van der Waals surface area contributed by atoms with Gasteiger partial charge in [-0.3, -0.25) is 0 Å². The molecule has 1 atom stereocenters. The van der Waals surface area contributed by atoms with Gasteiger partial charge in [0.25, 0.3) is 0 Å². The fraction of sp³-hybridized carbons (Fsp3) is 0.192. The number of nitrogens with one attached hydrogen (secondary N) is 2. The second kappa shape index (κ2) is 8.50. The van der Waals surface area contributed by atoms with Gasteiger partial charge in [-0.05, 0) is 47.9 Å². The lowest BCUT2D eigenvalue weighted by molar-refractivity contribution is 0.193. The number of ether oxygens (including phenoxy) is 2. The molecule has 1 aliphatic heterocycles. The lowest BCUT2D eigenvalue weighted by Crippen LogP contribution is -2.43. The molecule has 2 amide bonds. The van der Waals surface area contributed by atoms with Gasteiger partial charge >= 0.3 is 6.03 Å². The number of hydrogen-bond donors (Lipinski definition) is 2. The summed E-state index contributed by atoms with van der Waals surface area (Å²) in [5, 5.41) is 4.13. The zero-order chi connectivity index (χ0) is 22.9. The third-order valence-electron chi connectivity index (χ3n) is 6.13. The van der Waals surface area contributed by atoms with Crippen LogP contribution in [0, 0.1) is 5.82 Å². The maximum atomic E-state index is 13.7. The highest BCUT2D eigenvalue weighted by molar-refractivity contribution is 5.93. The average Bonchev–Trinajstić information content (AvgIpc) is 3.23. The summed E-state index contributed by atoms with van der Waals surface area (Å²) in [6, 6.07) is 19.0. The van der Waals surface area contributed by atoms with Gasteiger partial charge in [-0.2, -0.15) is 0 Å². The van der Waals surface area contributed by atoms with Crippen molar-refractivity contribution in [3.63, 3.8) is 0 Å². The Morgan fingerprint density at radius 1 is 1.06 bits per heavy atom. The summed E-state index contributed by atoms with van der Waals surface area (Å²) < 4.78 is 24.4. The number of anilines is 1. The molecule has 168 valence electrons. The summed E-state index contributed by atoms with van der Waals surface area (Å²) >= 11 is 0. The van der Waals surface area contributed by atoms with Crippen molar-refractivity contribution in [2.45, 2.75) is 12.5 Å². The first-order chi connectivity index (χ1) is 16.1. The second-order valence-electron chi connectivity index (χ2n) is 7.96. The van der Waals surface area contributed by atoms with Crippen molar-refractivity contribution in [1.82, 2.24) is 9.88 Å². The van der Waals surface area contributed by atoms with E-state index in [0.29, 0.717) is 30.2 Å². The van der Waals surface area contributed by atoms with Gasteiger partial charge in [0.05, 0.1) is 25.9 Å². The Hall–Kier alpha value is -4.00. The molecule has 0 bridgehead atoms. The molecule has 1 aliphatic rings. The summed E-state index contributed by atoms with van der Waals surface area (Å²) in [6.45, 7) is 0.515. The van der Waals surface area contributed by atoms with Crippen LogP contribution in [-0.4, -0.2) is 36.7 Å². The highest BCUT2D eigenvalue weighted by Crippen LogP contribution is 2.39. The topological polar surface area (TPSA) is 66.6 Å². The highest BCUT2D eigenvalue weighted by atomic mass is 19.1. The number of aromatic amines is 1. The molecule has 2 heterocycles. The molecule has 0 saturated heterocycles. The van der Waals surface area contributed by atoms with E-state index in [0.717, 1.165) is 22.2 Å². The average molecular weight is 445 g/mol. The normalized spacial score (nSPS) is 15.2. The van der Waals surface area contributed by atoms with Crippen molar-refractivity contribution >= 4 is 22.6 Å². The van der Waals surface area contributed by atoms with Crippen molar-refractivity contribution in [3.8, 4) is 11.5 Å². The molecule has 0 aliphatic carbocycles. The molecular formula is C26H24FN3O3. The van der Waals surface area contributed by atoms with Crippen LogP contribution in [0.2, 0.25) is 0 Å². The lowest BCUT2D eigenvalue weighted by Gasteiger charge is -2.36. The van der Waals surface area contributed by atoms with Crippen LogP contribution in [-0.2, 0) is 6.42 Å². The number of aromatic nitrogens is 1. The van der Waals surface area contributed by atoms with Crippen LogP contribution in [0.1, 0.15) is 22.9 Å². The molecule has 0 unspecified atom stereocenters. The quantitative estimate of drug-likeness (QED) is 0.436. The van der Waals surface area contributed by atoms with E-state index >= 15 is 0 Å². The van der Waals surface area contributed by atoms with Crippen molar-refractivity contribution in [1.29, 1.82) is 0 Å². The smallest absolute Gasteiger partial charge is 0.322 e. The van der Waals surface area contributed by atoms with Gasteiger partial charge < -0.3 is 24.7 Å². The molecule has 6 nitrogen and oxygen atoms in total. The number of methoxy groups -OCH3 is 2. The number of rotatable bonds is 4. The van der Waals surface area contributed by atoms with Crippen molar-refractivity contribution < 1.29 is 18.7 Å². The van der Waals surface area contributed by atoms with Crippen molar-refractivity contribution in [2.75, 3.05) is 26.1 Å². The molecular weight excluding hydrogens is 421 g/mol. The molecule has 4 aromatic rings. The number of nitrogens with zero attached hydrogens (tertiary/aromatic N) is 1. The summed E-state index contributed by atoms with van der Waals surface area (Å²) in [5.74, 6) is 0.824. The third-order valence-corrected chi connectivity index (χ3v) is 6.13. The number of hydrogen-bond acceptors (Lipinski definition) is 3. The van der Waals surface area contributed by atoms with E-state index in [1.54, 1.807) is 49.5 Å². The number of urea groups is 1. The van der Waals surface area contributed by atoms with Crippen LogP contribution in [0.15, 0.2) is 66.7 Å². The number of carbonyl (C=O) groups excluding carboxylic acids is 1. The molecule has 0 fully saturated rings. The summed E-state index contributed by atoms with van der Waals surface area (Å²) in [4.78, 5) is 18.8. The van der Waals surface area contributed by atoms with E-state index in [1.807, 2.05) is 18.2 Å². The molecule has 0 spiro atoms. The zero-order valence-electron chi connectivity index (χ0n) is 18.4. The SMILES string of the molecule is COc1ccc(NC(=O)N2CCc3c([nH]c4ccccc34)[C@H]2c2ccc(F)cc2)c(OC)c1. The van der Waals surface area contributed by atoms with Crippen LogP contribution < -0.4 is 14.8 Å². The Labute approximate surface area is 190 Å². The van der Waals surface area contributed by atoms with Crippen molar-refractivity contribution in [2.24, 2.45) is 0 Å². The van der Waals surface area contributed by atoms with Gasteiger partial charge in [0, 0.05) is 29.2 Å². The van der Waals surface area contributed by atoms with E-state index < -0.39 is 0 Å². The predicted molar refractivity (Wildman–Crippen MR) is 126 cm³/mol. The van der Waals surface area contributed by atoms with Crippen molar-refractivity contribution in [3.05, 3.63) is 89.4 Å². The van der Waals surface area contributed by atoms with E-state index in [2.05, 4.69) is 16.4 Å². The molecule has 33 heavy (non-hydrogen) atoms. The maximum absolute atomic E-state index is 13.7. The van der Waals surface area contributed by atoms with E-state index in [1.165, 1.54) is 17.7 Å². The van der Waals surface area contributed by atoms with Crippen LogP contribution in [0.3, 0.4) is 0 Å². The molecule has 0 radical (unpaired) electrons. The number of amides is 2. The Balaban J connectivity index is 1.55. The lowest BCUT2D eigenvalue weighted by atomic mass is 9.92. The Morgan fingerprint density at radius 2 is 1.85 bits per heavy atom. The number of H-pyrrole nitrogens is 1. The first kappa shape index (κ1) is 20.9. The molecule has 3 aromatic carbocycles. The summed E-state index contributed by atoms with van der Waals surface area (Å²) in [5.41, 5.74) is 4.54. The van der Waals surface area contributed by atoms with Crippen LogP contribution in [0.25, 0.3) is 10.9 Å². The van der Waals surface area contributed by atoms with Gasteiger partial charge in [-0.25, -0.2) is 9.18 Å². The van der Waals surface area contributed by atoms with Gasteiger partial charge in [0.2, 0.25) is 0 Å². The molecule has 0 saturated carbocycles. The number of carbonyl (C=O) groups is 1. The monoisotopic (exact) mass is 445 g/mol. The Kier molecular flexibility index (Phi) is 5.38. The Morgan fingerprint density at radius 3 is 2.61 bits per heavy atom. The number of halogens is 1. The predicted octanol–water partition coefficient (Wildman–Crippen LogP) is 5.50. The van der Waals surface area contributed by atoms with E-state index in [4.69, 9.17) is 9.47 Å². The maximum Gasteiger partial charge on any atom is 0.322 e. The fourth-order valence-electron chi connectivity index (χ4n) is 4.54. The van der Waals surface area contributed by atoms with Crippen LogP contribution in [0.5, 0.6) is 11.5 Å².